The van der Waals surface area contributed by atoms with E-state index in [4.69, 9.17) is 11.6 Å². The van der Waals surface area contributed by atoms with Gasteiger partial charge in [-0.25, -0.2) is 17.8 Å². The summed E-state index contributed by atoms with van der Waals surface area (Å²) in [4.78, 5) is 15.7. The number of nitrogens with zero attached hydrogens (tertiary/aromatic N) is 1. The number of sulfonamides is 1. The Morgan fingerprint density at radius 2 is 2.08 bits per heavy atom. The molecule has 25 heavy (non-hydrogen) atoms. The third kappa shape index (κ3) is 6.52. The Morgan fingerprint density at radius 3 is 2.68 bits per heavy atom. The Bertz CT molecular complexity index is 899. The van der Waals surface area contributed by atoms with Crippen LogP contribution in [0.2, 0.25) is 5.15 Å². The molecule has 0 aliphatic rings. The molecule has 0 saturated carbocycles. The van der Waals surface area contributed by atoms with Crippen LogP contribution in [0, 0.1) is 5.82 Å². The molecule has 1 aromatic heterocycles. The molecule has 0 bridgehead atoms. The van der Waals surface area contributed by atoms with E-state index in [0.717, 1.165) is 12.3 Å². The molecule has 0 atom stereocenters. The summed E-state index contributed by atoms with van der Waals surface area (Å²) in [6.07, 6.45) is 5.34. The van der Waals surface area contributed by atoms with Crippen LogP contribution < -0.4 is 10.0 Å². The van der Waals surface area contributed by atoms with Gasteiger partial charge < -0.3 is 5.32 Å². The first-order chi connectivity index (χ1) is 11.7. The van der Waals surface area contributed by atoms with Crippen LogP contribution in [0.15, 0.2) is 42.6 Å². The maximum absolute atomic E-state index is 13.8. The van der Waals surface area contributed by atoms with Gasteiger partial charge in [0.25, 0.3) is 0 Å². The quantitative estimate of drug-likeness (QED) is 0.592. The van der Waals surface area contributed by atoms with E-state index in [1.54, 1.807) is 18.2 Å². The van der Waals surface area contributed by atoms with Crippen molar-refractivity contribution in [3.63, 3.8) is 0 Å². The molecule has 0 unspecified atom stereocenters. The van der Waals surface area contributed by atoms with Crippen LogP contribution in [0.3, 0.4) is 0 Å². The first-order valence-corrected chi connectivity index (χ1v) is 9.33. The van der Waals surface area contributed by atoms with Crippen molar-refractivity contribution in [3.05, 3.63) is 64.7 Å². The first-order valence-electron chi connectivity index (χ1n) is 7.06. The highest BCUT2D eigenvalue weighted by molar-refractivity contribution is 7.92. The SMILES string of the molecule is CS(=O)(=O)Nc1ccc(CNC(=O)/C=C/c2ccc(Cl)nc2)cc1F. The Labute approximate surface area is 149 Å². The number of hydrogen-bond donors (Lipinski definition) is 2. The van der Waals surface area contributed by atoms with Gasteiger partial charge in [-0.1, -0.05) is 23.7 Å². The lowest BCUT2D eigenvalue weighted by Crippen LogP contribution is -2.20. The van der Waals surface area contributed by atoms with Crippen molar-refractivity contribution in [1.82, 2.24) is 10.3 Å². The molecule has 0 aliphatic carbocycles. The first kappa shape index (κ1) is 18.9. The Balaban J connectivity index is 1.93. The molecule has 0 radical (unpaired) electrons. The Morgan fingerprint density at radius 1 is 1.32 bits per heavy atom. The van der Waals surface area contributed by atoms with E-state index in [0.29, 0.717) is 16.3 Å². The summed E-state index contributed by atoms with van der Waals surface area (Å²) in [5.74, 6) is -1.09. The number of rotatable bonds is 6. The fraction of sp³-hybridized carbons (Fsp3) is 0.125. The lowest BCUT2D eigenvalue weighted by molar-refractivity contribution is -0.116. The highest BCUT2D eigenvalue weighted by Gasteiger charge is 2.08. The minimum Gasteiger partial charge on any atom is -0.348 e. The van der Waals surface area contributed by atoms with E-state index in [1.807, 2.05) is 0 Å². The average Bonchev–Trinajstić information content (AvgIpc) is 2.53. The van der Waals surface area contributed by atoms with Crippen molar-refractivity contribution in [3.8, 4) is 0 Å². The normalized spacial score (nSPS) is 11.5. The second kappa shape index (κ2) is 8.09. The van der Waals surface area contributed by atoms with E-state index < -0.39 is 15.8 Å². The minimum absolute atomic E-state index is 0.0954. The van der Waals surface area contributed by atoms with Gasteiger partial charge in [0.05, 0.1) is 11.9 Å². The maximum atomic E-state index is 13.8. The summed E-state index contributed by atoms with van der Waals surface area (Å²) in [6.45, 7) is 0.0954. The number of pyridine rings is 1. The van der Waals surface area contributed by atoms with Crippen LogP contribution in [-0.4, -0.2) is 25.6 Å². The van der Waals surface area contributed by atoms with E-state index in [-0.39, 0.29) is 18.1 Å². The fourth-order valence-electron chi connectivity index (χ4n) is 1.86. The van der Waals surface area contributed by atoms with Gasteiger partial charge in [-0.05, 0) is 35.4 Å². The van der Waals surface area contributed by atoms with Crippen molar-refractivity contribution >= 4 is 39.3 Å². The largest absolute Gasteiger partial charge is 0.348 e. The van der Waals surface area contributed by atoms with E-state index >= 15 is 0 Å². The van der Waals surface area contributed by atoms with Crippen molar-refractivity contribution in [1.29, 1.82) is 0 Å². The standard InChI is InChI=1S/C16H15ClFN3O3S/c1-25(23,24)21-14-5-2-12(8-13(14)18)10-20-16(22)7-4-11-3-6-15(17)19-9-11/h2-9,21H,10H2,1H3,(H,20,22)/b7-4+. The zero-order chi connectivity index (χ0) is 18.4. The molecule has 0 fully saturated rings. The summed E-state index contributed by atoms with van der Waals surface area (Å²) >= 11 is 5.67. The third-order valence-corrected chi connectivity index (χ3v) is 3.79. The summed E-state index contributed by atoms with van der Waals surface area (Å²) in [5, 5.41) is 2.96. The molecule has 6 nitrogen and oxygen atoms in total. The van der Waals surface area contributed by atoms with Gasteiger partial charge in [0, 0.05) is 18.8 Å². The molecule has 0 saturated heterocycles. The summed E-state index contributed by atoms with van der Waals surface area (Å²) < 4.78 is 38.1. The van der Waals surface area contributed by atoms with Gasteiger partial charge in [-0.2, -0.15) is 0 Å². The smallest absolute Gasteiger partial charge is 0.244 e. The number of hydrogen-bond acceptors (Lipinski definition) is 4. The second-order valence-electron chi connectivity index (χ2n) is 5.15. The molecule has 132 valence electrons. The van der Waals surface area contributed by atoms with Crippen LogP contribution in [0.4, 0.5) is 10.1 Å². The topological polar surface area (TPSA) is 88.2 Å². The third-order valence-electron chi connectivity index (χ3n) is 2.97. The van der Waals surface area contributed by atoms with Crippen LogP contribution in [0.25, 0.3) is 6.08 Å². The van der Waals surface area contributed by atoms with Gasteiger partial charge in [0.15, 0.2) is 0 Å². The van der Waals surface area contributed by atoms with Gasteiger partial charge in [-0.15, -0.1) is 0 Å². The number of nitrogens with one attached hydrogen (secondary N) is 2. The van der Waals surface area contributed by atoms with Crippen molar-refractivity contribution in [2.75, 3.05) is 11.0 Å². The zero-order valence-electron chi connectivity index (χ0n) is 13.2. The van der Waals surface area contributed by atoms with Gasteiger partial charge in [0.2, 0.25) is 15.9 Å². The summed E-state index contributed by atoms with van der Waals surface area (Å²) in [7, 11) is -3.56. The van der Waals surface area contributed by atoms with Crippen LogP contribution >= 0.6 is 11.6 Å². The van der Waals surface area contributed by atoms with Crippen molar-refractivity contribution in [2.24, 2.45) is 0 Å². The molecular weight excluding hydrogens is 369 g/mol. The Kier molecular flexibility index (Phi) is 6.11. The molecule has 2 rings (SSSR count). The second-order valence-corrected chi connectivity index (χ2v) is 7.29. The molecule has 1 amide bonds. The highest BCUT2D eigenvalue weighted by atomic mass is 35.5. The van der Waals surface area contributed by atoms with E-state index in [1.165, 1.54) is 24.4 Å². The molecule has 2 aromatic rings. The monoisotopic (exact) mass is 383 g/mol. The molecule has 0 aliphatic heterocycles. The fourth-order valence-corrected chi connectivity index (χ4v) is 2.53. The molecule has 2 N–H and O–H groups in total. The molecule has 0 spiro atoms. The molecule has 9 heteroatoms. The number of aromatic nitrogens is 1. The Hall–Kier alpha value is -2.45. The van der Waals surface area contributed by atoms with Crippen LogP contribution in [0.1, 0.15) is 11.1 Å². The highest BCUT2D eigenvalue weighted by Crippen LogP contribution is 2.16. The van der Waals surface area contributed by atoms with Crippen molar-refractivity contribution < 1.29 is 17.6 Å². The summed E-state index contributed by atoms with van der Waals surface area (Å²) in [5.41, 5.74) is 1.06. The van der Waals surface area contributed by atoms with Crippen molar-refractivity contribution in [2.45, 2.75) is 6.54 Å². The molecule has 1 heterocycles. The molecular formula is C16H15ClFN3O3S. The number of carbonyl (C=O) groups is 1. The number of anilines is 1. The van der Waals surface area contributed by atoms with E-state index in [2.05, 4.69) is 15.0 Å². The number of halogens is 2. The zero-order valence-corrected chi connectivity index (χ0v) is 14.7. The maximum Gasteiger partial charge on any atom is 0.244 e. The lowest BCUT2D eigenvalue weighted by atomic mass is 10.2. The number of carbonyl (C=O) groups excluding carboxylic acids is 1. The predicted molar refractivity (Wildman–Crippen MR) is 95.0 cm³/mol. The number of amides is 1. The summed E-state index contributed by atoms with van der Waals surface area (Å²) in [6, 6.07) is 7.29. The van der Waals surface area contributed by atoms with Crippen LogP contribution in [0.5, 0.6) is 0 Å². The average molecular weight is 384 g/mol. The predicted octanol–water partition coefficient (Wildman–Crippen LogP) is 2.58. The number of benzene rings is 1. The minimum atomic E-state index is -3.56. The molecule has 1 aromatic carbocycles. The lowest BCUT2D eigenvalue weighted by Gasteiger charge is -2.08. The van der Waals surface area contributed by atoms with Crippen LogP contribution in [-0.2, 0) is 21.4 Å². The van der Waals surface area contributed by atoms with Gasteiger partial charge >= 0.3 is 0 Å². The van der Waals surface area contributed by atoms with E-state index in [9.17, 15) is 17.6 Å². The van der Waals surface area contributed by atoms with Gasteiger partial charge in [-0.3, -0.25) is 9.52 Å². The van der Waals surface area contributed by atoms with Gasteiger partial charge in [0.1, 0.15) is 11.0 Å².